The van der Waals surface area contributed by atoms with Crippen LogP contribution in [0.2, 0.25) is 5.02 Å². The summed E-state index contributed by atoms with van der Waals surface area (Å²) >= 11 is 8.95. The molecule has 2 unspecified atom stereocenters. The third-order valence-corrected chi connectivity index (χ3v) is 4.67. The van der Waals surface area contributed by atoms with Crippen LogP contribution in [0, 0.1) is 0 Å². The molecule has 0 spiro atoms. The van der Waals surface area contributed by atoms with Gasteiger partial charge in [-0.2, -0.15) is 0 Å². The van der Waals surface area contributed by atoms with Crippen molar-refractivity contribution < 1.29 is 9.90 Å². The standard InChI is InChI=1S/C8H8ClNO2S2/c9-4-1-6(13-2-4)7-10-5(3-14-7)8(11)12/h1-2,5,7,10H,3H2,(H,11,12). The van der Waals surface area contributed by atoms with Crippen LogP contribution >= 0.6 is 34.7 Å². The van der Waals surface area contributed by atoms with Crippen molar-refractivity contribution in [3.05, 3.63) is 21.3 Å². The van der Waals surface area contributed by atoms with Crippen molar-refractivity contribution in [3.8, 4) is 0 Å². The average Bonchev–Trinajstić information content (AvgIpc) is 2.70. The van der Waals surface area contributed by atoms with Crippen LogP contribution in [0.3, 0.4) is 0 Å². The molecule has 0 amide bonds. The predicted octanol–water partition coefficient (Wildman–Crippen LogP) is 2.19. The van der Waals surface area contributed by atoms with Gasteiger partial charge in [0, 0.05) is 16.0 Å². The predicted molar refractivity (Wildman–Crippen MR) is 59.1 cm³/mol. The van der Waals surface area contributed by atoms with E-state index in [9.17, 15) is 4.79 Å². The molecule has 76 valence electrons. The van der Waals surface area contributed by atoms with Gasteiger partial charge in [0.2, 0.25) is 0 Å². The molecular formula is C8H8ClNO2S2. The van der Waals surface area contributed by atoms with Gasteiger partial charge in [-0.05, 0) is 6.07 Å². The van der Waals surface area contributed by atoms with Crippen LogP contribution in [0.5, 0.6) is 0 Å². The summed E-state index contributed by atoms with van der Waals surface area (Å²) in [4.78, 5) is 11.8. The van der Waals surface area contributed by atoms with Gasteiger partial charge in [0.15, 0.2) is 0 Å². The van der Waals surface area contributed by atoms with Crippen molar-refractivity contribution >= 4 is 40.7 Å². The SMILES string of the molecule is O=C(O)C1CSC(c2cc(Cl)cs2)N1. The Labute approximate surface area is 94.5 Å². The summed E-state index contributed by atoms with van der Waals surface area (Å²) in [6, 6.07) is 1.44. The fourth-order valence-corrected chi connectivity index (χ4v) is 3.75. The van der Waals surface area contributed by atoms with E-state index < -0.39 is 12.0 Å². The molecule has 2 rings (SSSR count). The van der Waals surface area contributed by atoms with E-state index in [-0.39, 0.29) is 5.37 Å². The molecule has 3 nitrogen and oxygen atoms in total. The average molecular weight is 250 g/mol. The molecule has 14 heavy (non-hydrogen) atoms. The molecule has 2 atom stereocenters. The molecule has 2 heterocycles. The molecule has 1 aliphatic rings. The molecule has 1 aliphatic heterocycles. The first-order chi connectivity index (χ1) is 6.66. The van der Waals surface area contributed by atoms with E-state index in [1.165, 1.54) is 0 Å². The van der Waals surface area contributed by atoms with Gasteiger partial charge in [-0.15, -0.1) is 23.1 Å². The summed E-state index contributed by atoms with van der Waals surface area (Å²) in [7, 11) is 0. The number of thiophene rings is 1. The summed E-state index contributed by atoms with van der Waals surface area (Å²) < 4.78 is 0. The molecule has 6 heteroatoms. The molecule has 2 N–H and O–H groups in total. The summed E-state index contributed by atoms with van der Waals surface area (Å²) in [6.45, 7) is 0. The minimum atomic E-state index is -0.789. The number of aliphatic carboxylic acids is 1. The highest BCUT2D eigenvalue weighted by atomic mass is 35.5. The van der Waals surface area contributed by atoms with Crippen molar-refractivity contribution in [2.75, 3.05) is 5.75 Å². The van der Waals surface area contributed by atoms with E-state index in [0.29, 0.717) is 10.8 Å². The van der Waals surface area contributed by atoms with Crippen LogP contribution < -0.4 is 5.32 Å². The maximum absolute atomic E-state index is 10.7. The fourth-order valence-electron chi connectivity index (χ4n) is 1.24. The zero-order valence-electron chi connectivity index (χ0n) is 7.07. The van der Waals surface area contributed by atoms with E-state index in [0.717, 1.165) is 4.88 Å². The second-order valence-electron chi connectivity index (χ2n) is 2.94. The van der Waals surface area contributed by atoms with Crippen LogP contribution in [0.25, 0.3) is 0 Å². The highest BCUT2D eigenvalue weighted by Gasteiger charge is 2.30. The molecular weight excluding hydrogens is 242 g/mol. The van der Waals surface area contributed by atoms with Gasteiger partial charge in [-0.3, -0.25) is 10.1 Å². The van der Waals surface area contributed by atoms with Crippen molar-refractivity contribution in [1.82, 2.24) is 5.32 Å². The highest BCUT2D eigenvalue weighted by Crippen LogP contribution is 2.37. The third-order valence-electron chi connectivity index (χ3n) is 1.93. The third kappa shape index (κ3) is 2.06. The molecule has 1 aromatic heterocycles. The number of thioether (sulfide) groups is 1. The Kier molecular flexibility index (Phi) is 3.02. The second-order valence-corrected chi connectivity index (χ2v) is 5.46. The van der Waals surface area contributed by atoms with E-state index in [1.54, 1.807) is 23.1 Å². The Morgan fingerprint density at radius 1 is 1.71 bits per heavy atom. The topological polar surface area (TPSA) is 49.3 Å². The van der Waals surface area contributed by atoms with Gasteiger partial charge in [-0.25, -0.2) is 0 Å². The van der Waals surface area contributed by atoms with E-state index >= 15 is 0 Å². The van der Waals surface area contributed by atoms with Gasteiger partial charge in [0.25, 0.3) is 0 Å². The number of nitrogens with one attached hydrogen (secondary N) is 1. The Morgan fingerprint density at radius 3 is 3.00 bits per heavy atom. The minimum absolute atomic E-state index is 0.0774. The van der Waals surface area contributed by atoms with Gasteiger partial charge in [-0.1, -0.05) is 11.6 Å². The first kappa shape index (κ1) is 10.3. The smallest absolute Gasteiger partial charge is 0.321 e. The van der Waals surface area contributed by atoms with E-state index in [2.05, 4.69) is 5.32 Å². The Morgan fingerprint density at radius 2 is 2.50 bits per heavy atom. The van der Waals surface area contributed by atoms with Crippen LogP contribution in [-0.2, 0) is 4.79 Å². The molecule has 1 fully saturated rings. The van der Waals surface area contributed by atoms with Crippen LogP contribution in [0.15, 0.2) is 11.4 Å². The number of halogens is 1. The Balaban J connectivity index is 2.05. The maximum Gasteiger partial charge on any atom is 0.321 e. The van der Waals surface area contributed by atoms with Crippen LogP contribution in [0.1, 0.15) is 10.3 Å². The Bertz CT molecular complexity index is 355. The summed E-state index contributed by atoms with van der Waals surface area (Å²) in [5.41, 5.74) is 0. The van der Waals surface area contributed by atoms with Crippen molar-refractivity contribution in [1.29, 1.82) is 0 Å². The van der Waals surface area contributed by atoms with Crippen molar-refractivity contribution in [2.24, 2.45) is 0 Å². The van der Waals surface area contributed by atoms with Gasteiger partial charge < -0.3 is 5.11 Å². The van der Waals surface area contributed by atoms with Gasteiger partial charge in [0.05, 0.1) is 10.4 Å². The summed E-state index contributed by atoms with van der Waals surface area (Å²) in [5.74, 6) is -0.183. The number of carboxylic acids is 1. The number of rotatable bonds is 2. The number of carboxylic acid groups (broad SMARTS) is 1. The lowest BCUT2D eigenvalue weighted by Crippen LogP contribution is -2.33. The van der Waals surface area contributed by atoms with E-state index in [1.807, 2.05) is 11.4 Å². The largest absolute Gasteiger partial charge is 0.480 e. The summed E-state index contributed by atoms with van der Waals surface area (Å²) in [6.07, 6.45) is 0. The lowest BCUT2D eigenvalue weighted by Gasteiger charge is -2.07. The molecule has 0 saturated carbocycles. The Hall–Kier alpha value is -0.230. The van der Waals surface area contributed by atoms with Crippen LogP contribution in [0.4, 0.5) is 0 Å². The normalized spacial score (nSPS) is 26.6. The number of hydrogen-bond donors (Lipinski definition) is 2. The first-order valence-electron chi connectivity index (χ1n) is 4.01. The quantitative estimate of drug-likeness (QED) is 0.844. The van der Waals surface area contributed by atoms with Gasteiger partial charge in [0.1, 0.15) is 6.04 Å². The van der Waals surface area contributed by atoms with Crippen LogP contribution in [-0.4, -0.2) is 22.9 Å². The fraction of sp³-hybridized carbons (Fsp3) is 0.375. The number of hydrogen-bond acceptors (Lipinski definition) is 4. The lowest BCUT2D eigenvalue weighted by atomic mass is 10.3. The van der Waals surface area contributed by atoms with Gasteiger partial charge >= 0.3 is 5.97 Å². The molecule has 1 aromatic rings. The molecule has 0 aliphatic carbocycles. The number of carbonyl (C=O) groups is 1. The minimum Gasteiger partial charge on any atom is -0.480 e. The summed E-state index contributed by atoms with van der Waals surface area (Å²) in [5, 5.41) is 14.5. The zero-order valence-corrected chi connectivity index (χ0v) is 9.46. The molecule has 1 saturated heterocycles. The maximum atomic E-state index is 10.7. The highest BCUT2D eigenvalue weighted by molar-refractivity contribution is 7.99. The monoisotopic (exact) mass is 249 g/mol. The van der Waals surface area contributed by atoms with Crippen molar-refractivity contribution in [3.63, 3.8) is 0 Å². The van der Waals surface area contributed by atoms with E-state index in [4.69, 9.17) is 16.7 Å². The molecule has 0 bridgehead atoms. The molecule has 0 radical (unpaired) electrons. The molecule has 0 aromatic carbocycles. The first-order valence-corrected chi connectivity index (χ1v) is 6.32. The zero-order chi connectivity index (χ0) is 10.1. The van der Waals surface area contributed by atoms with Crippen molar-refractivity contribution in [2.45, 2.75) is 11.4 Å². The second kappa shape index (κ2) is 4.10. The lowest BCUT2D eigenvalue weighted by molar-refractivity contribution is -0.138.